The van der Waals surface area contributed by atoms with Crippen molar-refractivity contribution in [2.45, 2.75) is 20.4 Å². The third kappa shape index (κ3) is 1.76. The molecular weight excluding hydrogens is 216 g/mol. The lowest BCUT2D eigenvalue weighted by Crippen LogP contribution is -2.01. The van der Waals surface area contributed by atoms with Gasteiger partial charge in [-0.3, -0.25) is 9.67 Å². The van der Waals surface area contributed by atoms with Crippen LogP contribution in [-0.4, -0.2) is 19.7 Å². The lowest BCUT2D eigenvalue weighted by Gasteiger charge is -1.99. The molecule has 1 N–H and O–H groups in total. The standard InChI is InChI=1S/C8H10N4S2/c1-5-3-9-7(14-5)4-12-6(2)10-11-8(12)13/h3H,4H2,1-2H3,(H,11,13). The van der Waals surface area contributed by atoms with E-state index < -0.39 is 0 Å². The van der Waals surface area contributed by atoms with Gasteiger partial charge in [-0.25, -0.2) is 4.98 Å². The topological polar surface area (TPSA) is 46.5 Å². The van der Waals surface area contributed by atoms with Crippen molar-refractivity contribution >= 4 is 23.6 Å². The predicted molar refractivity (Wildman–Crippen MR) is 58.1 cm³/mol. The van der Waals surface area contributed by atoms with Crippen LogP contribution in [0.3, 0.4) is 0 Å². The van der Waals surface area contributed by atoms with Crippen LogP contribution >= 0.6 is 23.6 Å². The van der Waals surface area contributed by atoms with Crippen LogP contribution in [0.1, 0.15) is 15.7 Å². The Balaban J connectivity index is 2.31. The summed E-state index contributed by atoms with van der Waals surface area (Å²) in [5, 5.41) is 7.86. The van der Waals surface area contributed by atoms with Crippen molar-refractivity contribution in [3.8, 4) is 0 Å². The van der Waals surface area contributed by atoms with Crippen molar-refractivity contribution in [1.82, 2.24) is 19.7 Å². The van der Waals surface area contributed by atoms with Crippen LogP contribution in [0.4, 0.5) is 0 Å². The van der Waals surface area contributed by atoms with Crippen molar-refractivity contribution < 1.29 is 0 Å². The molecule has 14 heavy (non-hydrogen) atoms. The SMILES string of the molecule is Cc1cnc(Cn2c(C)n[nH]c2=S)s1. The number of H-pyrrole nitrogens is 1. The number of aromatic nitrogens is 4. The fourth-order valence-electron chi connectivity index (χ4n) is 1.19. The minimum absolute atomic E-state index is 0.648. The number of nitrogens with one attached hydrogen (secondary N) is 1. The predicted octanol–water partition coefficient (Wildman–Crippen LogP) is 2.06. The van der Waals surface area contributed by atoms with Gasteiger partial charge in [-0.15, -0.1) is 11.3 Å². The zero-order valence-corrected chi connectivity index (χ0v) is 9.58. The largest absolute Gasteiger partial charge is 0.297 e. The van der Waals surface area contributed by atoms with Crippen molar-refractivity contribution in [3.63, 3.8) is 0 Å². The Morgan fingerprint density at radius 2 is 2.36 bits per heavy atom. The molecule has 2 heterocycles. The van der Waals surface area contributed by atoms with Gasteiger partial charge < -0.3 is 0 Å². The molecule has 2 aromatic rings. The molecule has 0 aliphatic carbocycles. The zero-order valence-electron chi connectivity index (χ0n) is 7.94. The van der Waals surface area contributed by atoms with E-state index in [0.29, 0.717) is 11.3 Å². The van der Waals surface area contributed by atoms with Crippen molar-refractivity contribution in [2.75, 3.05) is 0 Å². The maximum Gasteiger partial charge on any atom is 0.195 e. The summed E-state index contributed by atoms with van der Waals surface area (Å²) < 4.78 is 2.59. The molecule has 6 heteroatoms. The Morgan fingerprint density at radius 3 is 2.86 bits per heavy atom. The van der Waals surface area contributed by atoms with Gasteiger partial charge in [0.15, 0.2) is 4.77 Å². The lowest BCUT2D eigenvalue weighted by molar-refractivity contribution is 0.746. The first-order chi connectivity index (χ1) is 6.66. The smallest absolute Gasteiger partial charge is 0.195 e. The van der Waals surface area contributed by atoms with Gasteiger partial charge in [-0.05, 0) is 26.1 Å². The van der Waals surface area contributed by atoms with E-state index in [2.05, 4.69) is 15.2 Å². The first kappa shape index (κ1) is 9.54. The molecular formula is C8H10N4S2. The second kappa shape index (κ2) is 3.62. The molecule has 2 rings (SSSR count). The Hall–Kier alpha value is -1.01. The maximum atomic E-state index is 5.10. The first-order valence-electron chi connectivity index (χ1n) is 4.20. The summed E-state index contributed by atoms with van der Waals surface area (Å²) in [6, 6.07) is 0. The summed E-state index contributed by atoms with van der Waals surface area (Å²) in [6.45, 7) is 4.68. The lowest BCUT2D eigenvalue weighted by atomic mass is 10.6. The summed E-state index contributed by atoms with van der Waals surface area (Å²) in [5.74, 6) is 0.892. The number of nitrogens with zero attached hydrogens (tertiary/aromatic N) is 3. The van der Waals surface area contributed by atoms with Gasteiger partial charge in [0.2, 0.25) is 0 Å². The number of hydrogen-bond acceptors (Lipinski definition) is 4. The van der Waals surface area contributed by atoms with E-state index in [1.165, 1.54) is 4.88 Å². The average Bonchev–Trinajstić information content (AvgIpc) is 2.67. The molecule has 0 saturated heterocycles. The van der Waals surface area contributed by atoms with Crippen LogP contribution in [0, 0.1) is 18.6 Å². The first-order valence-corrected chi connectivity index (χ1v) is 5.42. The van der Waals surface area contributed by atoms with Crippen LogP contribution in [0.15, 0.2) is 6.20 Å². The highest BCUT2D eigenvalue weighted by atomic mass is 32.1. The third-order valence-corrected chi connectivity index (χ3v) is 3.12. The molecule has 0 saturated carbocycles. The van der Waals surface area contributed by atoms with E-state index in [4.69, 9.17) is 12.2 Å². The molecule has 0 unspecified atom stereocenters. The molecule has 0 aromatic carbocycles. The van der Waals surface area contributed by atoms with Gasteiger partial charge in [0.05, 0.1) is 6.54 Å². The molecule has 0 fully saturated rings. The van der Waals surface area contributed by atoms with E-state index in [-0.39, 0.29) is 0 Å². The Kier molecular flexibility index (Phi) is 2.47. The van der Waals surface area contributed by atoms with Crippen LogP contribution in [0.5, 0.6) is 0 Å². The highest BCUT2D eigenvalue weighted by molar-refractivity contribution is 7.71. The van der Waals surface area contributed by atoms with E-state index in [1.807, 2.05) is 24.6 Å². The Labute approximate surface area is 90.6 Å². The molecule has 0 aliphatic rings. The summed E-state index contributed by atoms with van der Waals surface area (Å²) in [4.78, 5) is 5.50. The fourth-order valence-corrected chi connectivity index (χ4v) is 2.21. The number of rotatable bonds is 2. The number of thiazole rings is 1. The summed E-state index contributed by atoms with van der Waals surface area (Å²) in [7, 11) is 0. The minimum atomic E-state index is 0.648. The Morgan fingerprint density at radius 1 is 1.57 bits per heavy atom. The second-order valence-corrected chi connectivity index (χ2v) is 4.73. The highest BCUT2D eigenvalue weighted by Crippen LogP contribution is 2.13. The van der Waals surface area contributed by atoms with Crippen LogP contribution < -0.4 is 0 Å². The molecule has 0 atom stereocenters. The van der Waals surface area contributed by atoms with E-state index in [0.717, 1.165) is 10.8 Å². The summed E-state index contributed by atoms with van der Waals surface area (Å²) >= 11 is 6.78. The second-order valence-electron chi connectivity index (χ2n) is 3.03. The molecule has 0 amide bonds. The molecule has 0 radical (unpaired) electrons. The third-order valence-electron chi connectivity index (χ3n) is 1.91. The normalized spacial score (nSPS) is 10.7. The summed E-state index contributed by atoms with van der Waals surface area (Å²) in [5.41, 5.74) is 0. The molecule has 0 bridgehead atoms. The molecule has 0 spiro atoms. The van der Waals surface area contributed by atoms with Gasteiger partial charge in [0, 0.05) is 11.1 Å². The van der Waals surface area contributed by atoms with Gasteiger partial charge in [-0.1, -0.05) is 0 Å². The molecule has 2 aromatic heterocycles. The quantitative estimate of drug-likeness (QED) is 0.797. The minimum Gasteiger partial charge on any atom is -0.297 e. The average molecular weight is 226 g/mol. The number of aryl methyl sites for hydroxylation is 2. The van der Waals surface area contributed by atoms with Gasteiger partial charge in [-0.2, -0.15) is 5.10 Å². The maximum absolute atomic E-state index is 5.10. The Bertz CT molecular complexity index is 493. The van der Waals surface area contributed by atoms with E-state index in [9.17, 15) is 0 Å². The summed E-state index contributed by atoms with van der Waals surface area (Å²) in [6.07, 6.45) is 1.87. The van der Waals surface area contributed by atoms with Crippen molar-refractivity contribution in [2.24, 2.45) is 0 Å². The van der Waals surface area contributed by atoms with E-state index >= 15 is 0 Å². The molecule has 0 aliphatic heterocycles. The van der Waals surface area contributed by atoms with Crippen molar-refractivity contribution in [1.29, 1.82) is 0 Å². The van der Waals surface area contributed by atoms with Crippen LogP contribution in [-0.2, 0) is 6.54 Å². The van der Waals surface area contributed by atoms with Gasteiger partial charge >= 0.3 is 0 Å². The number of hydrogen-bond donors (Lipinski definition) is 1. The van der Waals surface area contributed by atoms with Crippen LogP contribution in [0.25, 0.3) is 0 Å². The molecule has 74 valence electrons. The van der Waals surface area contributed by atoms with Gasteiger partial charge in [0.25, 0.3) is 0 Å². The number of aromatic amines is 1. The van der Waals surface area contributed by atoms with E-state index in [1.54, 1.807) is 11.3 Å². The molecule has 4 nitrogen and oxygen atoms in total. The van der Waals surface area contributed by atoms with Crippen LogP contribution in [0.2, 0.25) is 0 Å². The van der Waals surface area contributed by atoms with Gasteiger partial charge in [0.1, 0.15) is 10.8 Å². The zero-order chi connectivity index (χ0) is 10.1. The fraction of sp³-hybridized carbons (Fsp3) is 0.375. The highest BCUT2D eigenvalue weighted by Gasteiger charge is 2.04. The van der Waals surface area contributed by atoms with Crippen molar-refractivity contribution in [3.05, 3.63) is 26.7 Å². The monoisotopic (exact) mass is 226 g/mol.